The first-order chi connectivity index (χ1) is 11.9. The van der Waals surface area contributed by atoms with Gasteiger partial charge in [-0.2, -0.15) is 5.10 Å². The number of carbonyl (C=O) groups is 1. The third kappa shape index (κ3) is 4.52. The third-order valence-corrected chi connectivity index (χ3v) is 4.46. The number of rotatable bonds is 4. The summed E-state index contributed by atoms with van der Waals surface area (Å²) in [5.41, 5.74) is 2.03. The molecule has 1 atom stereocenters. The van der Waals surface area contributed by atoms with Crippen LogP contribution in [-0.2, 0) is 24.9 Å². The largest absolute Gasteiger partial charge is 0.489 e. The molecule has 1 aliphatic rings. The van der Waals surface area contributed by atoms with Gasteiger partial charge in [0.2, 0.25) is 5.91 Å². The number of aryl methyl sites for hydroxylation is 1. The van der Waals surface area contributed by atoms with Crippen molar-refractivity contribution in [1.29, 1.82) is 0 Å². The van der Waals surface area contributed by atoms with Gasteiger partial charge in [-0.1, -0.05) is 11.6 Å². The van der Waals surface area contributed by atoms with Crippen LogP contribution < -0.4 is 4.74 Å². The lowest BCUT2D eigenvalue weighted by molar-refractivity contribution is -0.131. The van der Waals surface area contributed by atoms with Crippen LogP contribution in [0.3, 0.4) is 0 Å². The van der Waals surface area contributed by atoms with Crippen LogP contribution in [-0.4, -0.2) is 51.7 Å². The minimum Gasteiger partial charge on any atom is -0.489 e. The zero-order valence-corrected chi connectivity index (χ0v) is 15.5. The second-order valence-corrected chi connectivity index (χ2v) is 7.06. The summed E-state index contributed by atoms with van der Waals surface area (Å²) in [5, 5.41) is 4.82. The standard InChI is InChI=1S/C18H23ClN4O2/c1-13-8-23(11-15-6-16(19)4-5-17(15)25-13)12-18(24)21(2)9-14-7-20-22(3)10-14/h4-7,10,13H,8-9,11-12H2,1-3H3. The number of benzene rings is 1. The molecule has 0 aliphatic carbocycles. The molecule has 6 nitrogen and oxygen atoms in total. The molecular weight excluding hydrogens is 340 g/mol. The normalized spacial score (nSPS) is 17.5. The van der Waals surface area contributed by atoms with Crippen LogP contribution >= 0.6 is 11.6 Å². The van der Waals surface area contributed by atoms with Gasteiger partial charge in [0.1, 0.15) is 11.9 Å². The van der Waals surface area contributed by atoms with Gasteiger partial charge in [0.15, 0.2) is 0 Å². The zero-order valence-electron chi connectivity index (χ0n) is 14.8. The van der Waals surface area contributed by atoms with Gasteiger partial charge in [-0.05, 0) is 25.1 Å². The Bertz CT molecular complexity index is 761. The van der Waals surface area contributed by atoms with Gasteiger partial charge < -0.3 is 9.64 Å². The smallest absolute Gasteiger partial charge is 0.236 e. The second-order valence-electron chi connectivity index (χ2n) is 6.62. The molecule has 0 fully saturated rings. The van der Waals surface area contributed by atoms with E-state index >= 15 is 0 Å². The highest BCUT2D eigenvalue weighted by atomic mass is 35.5. The third-order valence-electron chi connectivity index (χ3n) is 4.22. The summed E-state index contributed by atoms with van der Waals surface area (Å²) in [7, 11) is 3.68. The lowest BCUT2D eigenvalue weighted by atomic mass is 10.2. The van der Waals surface area contributed by atoms with E-state index in [1.165, 1.54) is 0 Å². The number of likely N-dealkylation sites (N-methyl/N-ethyl adjacent to an activating group) is 1. The first-order valence-corrected chi connectivity index (χ1v) is 8.67. The van der Waals surface area contributed by atoms with E-state index in [4.69, 9.17) is 16.3 Å². The molecule has 1 aromatic heterocycles. The van der Waals surface area contributed by atoms with Crippen molar-refractivity contribution in [2.75, 3.05) is 20.1 Å². The van der Waals surface area contributed by atoms with E-state index in [2.05, 4.69) is 10.00 Å². The summed E-state index contributed by atoms with van der Waals surface area (Å²) in [5.74, 6) is 0.914. The molecule has 25 heavy (non-hydrogen) atoms. The van der Waals surface area contributed by atoms with Gasteiger partial charge in [-0.3, -0.25) is 14.4 Å². The number of aromatic nitrogens is 2. The van der Waals surface area contributed by atoms with Crippen LogP contribution in [0.25, 0.3) is 0 Å². The molecule has 7 heteroatoms. The molecule has 1 aromatic carbocycles. The highest BCUT2D eigenvalue weighted by molar-refractivity contribution is 6.30. The Morgan fingerprint density at radius 2 is 2.28 bits per heavy atom. The van der Waals surface area contributed by atoms with E-state index in [9.17, 15) is 4.79 Å². The molecule has 1 amide bonds. The number of hydrogen-bond acceptors (Lipinski definition) is 4. The molecule has 134 valence electrons. The molecule has 1 aliphatic heterocycles. The van der Waals surface area contributed by atoms with Crippen molar-refractivity contribution in [3.8, 4) is 5.75 Å². The lowest BCUT2D eigenvalue weighted by Gasteiger charge is -2.24. The number of carbonyl (C=O) groups excluding carboxylic acids is 1. The number of hydrogen-bond donors (Lipinski definition) is 0. The van der Waals surface area contributed by atoms with Gasteiger partial charge in [0.25, 0.3) is 0 Å². The molecule has 0 spiro atoms. The van der Waals surface area contributed by atoms with Crippen molar-refractivity contribution in [3.63, 3.8) is 0 Å². The summed E-state index contributed by atoms with van der Waals surface area (Å²) in [6.07, 6.45) is 3.71. The topological polar surface area (TPSA) is 50.6 Å². The molecule has 1 unspecified atom stereocenters. The molecule has 2 heterocycles. The van der Waals surface area contributed by atoms with E-state index in [1.54, 1.807) is 15.8 Å². The van der Waals surface area contributed by atoms with E-state index < -0.39 is 0 Å². The number of halogens is 1. The number of fused-ring (bicyclic) bond motifs is 1. The van der Waals surface area contributed by atoms with Crippen LogP contribution in [0, 0.1) is 0 Å². The van der Waals surface area contributed by atoms with Gasteiger partial charge in [-0.25, -0.2) is 0 Å². The summed E-state index contributed by atoms with van der Waals surface area (Å²) in [4.78, 5) is 16.4. The van der Waals surface area contributed by atoms with Gasteiger partial charge in [0.05, 0.1) is 12.7 Å². The Balaban J connectivity index is 1.65. The number of ether oxygens (including phenoxy) is 1. The average molecular weight is 363 g/mol. The Morgan fingerprint density at radius 1 is 1.48 bits per heavy atom. The van der Waals surface area contributed by atoms with Crippen LogP contribution in [0.2, 0.25) is 5.02 Å². The molecule has 2 aromatic rings. The van der Waals surface area contributed by atoms with E-state index in [0.717, 1.165) is 16.9 Å². The van der Waals surface area contributed by atoms with E-state index in [-0.39, 0.29) is 12.0 Å². The maximum atomic E-state index is 12.6. The zero-order chi connectivity index (χ0) is 18.0. The second kappa shape index (κ2) is 7.45. The minimum absolute atomic E-state index is 0.0128. The first-order valence-electron chi connectivity index (χ1n) is 8.29. The summed E-state index contributed by atoms with van der Waals surface area (Å²) >= 11 is 6.11. The van der Waals surface area contributed by atoms with Crippen LogP contribution in [0.15, 0.2) is 30.6 Å². The molecule has 0 saturated carbocycles. The lowest BCUT2D eigenvalue weighted by Crippen LogP contribution is -2.40. The SMILES string of the molecule is CC1CN(CC(=O)N(C)Cc2cnn(C)c2)Cc2cc(Cl)ccc2O1. The molecule has 3 rings (SSSR count). The van der Waals surface area contributed by atoms with Crippen molar-refractivity contribution in [2.24, 2.45) is 7.05 Å². The summed E-state index contributed by atoms with van der Waals surface area (Å²) < 4.78 is 7.68. The molecule has 0 radical (unpaired) electrons. The predicted octanol–water partition coefficient (Wildman–Crippen LogP) is 2.31. The van der Waals surface area contributed by atoms with Crippen LogP contribution in [0.4, 0.5) is 0 Å². The summed E-state index contributed by atoms with van der Waals surface area (Å²) in [6.45, 7) is 4.25. The first kappa shape index (κ1) is 17.8. The quantitative estimate of drug-likeness (QED) is 0.837. The molecule has 0 bridgehead atoms. The fraction of sp³-hybridized carbons (Fsp3) is 0.444. The van der Waals surface area contributed by atoms with Gasteiger partial charge in [-0.15, -0.1) is 0 Å². The monoisotopic (exact) mass is 362 g/mol. The Morgan fingerprint density at radius 3 is 3.00 bits per heavy atom. The Hall–Kier alpha value is -2.05. The summed E-state index contributed by atoms with van der Waals surface area (Å²) in [6, 6.07) is 5.63. The van der Waals surface area contributed by atoms with Crippen molar-refractivity contribution in [3.05, 3.63) is 46.7 Å². The average Bonchev–Trinajstić information content (AvgIpc) is 2.87. The predicted molar refractivity (Wildman–Crippen MR) is 96.5 cm³/mol. The van der Waals surface area contributed by atoms with Crippen molar-refractivity contribution in [1.82, 2.24) is 19.6 Å². The van der Waals surface area contributed by atoms with Gasteiger partial charge >= 0.3 is 0 Å². The fourth-order valence-electron chi connectivity index (χ4n) is 3.06. The van der Waals surface area contributed by atoms with Gasteiger partial charge in [0, 0.05) is 56.1 Å². The highest BCUT2D eigenvalue weighted by Gasteiger charge is 2.23. The van der Waals surface area contributed by atoms with Crippen molar-refractivity contribution >= 4 is 17.5 Å². The van der Waals surface area contributed by atoms with E-state index in [0.29, 0.717) is 31.2 Å². The fourth-order valence-corrected chi connectivity index (χ4v) is 3.25. The molecular formula is C18H23ClN4O2. The number of amides is 1. The molecule has 0 saturated heterocycles. The minimum atomic E-state index is 0.0128. The number of nitrogens with zero attached hydrogens (tertiary/aromatic N) is 4. The Labute approximate surface area is 152 Å². The van der Waals surface area contributed by atoms with Crippen LogP contribution in [0.1, 0.15) is 18.1 Å². The Kier molecular flexibility index (Phi) is 5.30. The van der Waals surface area contributed by atoms with E-state index in [1.807, 2.05) is 45.4 Å². The highest BCUT2D eigenvalue weighted by Crippen LogP contribution is 2.28. The van der Waals surface area contributed by atoms with Crippen molar-refractivity contribution in [2.45, 2.75) is 26.1 Å². The molecule has 0 N–H and O–H groups in total. The van der Waals surface area contributed by atoms with Crippen molar-refractivity contribution < 1.29 is 9.53 Å². The van der Waals surface area contributed by atoms with Crippen LogP contribution in [0.5, 0.6) is 5.75 Å². The maximum absolute atomic E-state index is 12.6. The maximum Gasteiger partial charge on any atom is 0.236 e.